The molecular weight excluding hydrogens is 412 g/mol. The van der Waals surface area contributed by atoms with Gasteiger partial charge in [0.05, 0.1) is 13.7 Å². The molecule has 9 nitrogen and oxygen atoms in total. The number of hydrogen-bond acceptors (Lipinski definition) is 8. The van der Waals surface area contributed by atoms with Gasteiger partial charge in [0.2, 0.25) is 5.82 Å². The quantitative estimate of drug-likeness (QED) is 0.285. The lowest BCUT2D eigenvalue weighted by Gasteiger charge is -2.08. The smallest absolute Gasteiger partial charge is 0.349 e. The Bertz CT molecular complexity index is 1170. The standard InChI is InChI=1S/C23H24N4O5/c1-15-10-18(16(2)27(15)8-9-29-3)11-19(13-24)23(28)31-14-21-25-22(26-32-21)17-6-5-7-20(12-17)30-4/h5-7,10-12H,8-9,14H2,1-4H3/b19-11+. The van der Waals surface area contributed by atoms with Crippen LogP contribution in [-0.4, -0.2) is 41.5 Å². The van der Waals surface area contributed by atoms with Crippen LogP contribution >= 0.6 is 0 Å². The number of aryl methyl sites for hydroxylation is 1. The molecule has 2 heterocycles. The van der Waals surface area contributed by atoms with Gasteiger partial charge in [-0.05, 0) is 43.7 Å². The highest BCUT2D eigenvalue weighted by molar-refractivity contribution is 5.98. The highest BCUT2D eigenvalue weighted by atomic mass is 16.6. The summed E-state index contributed by atoms with van der Waals surface area (Å²) >= 11 is 0. The molecule has 0 saturated carbocycles. The van der Waals surface area contributed by atoms with Crippen molar-refractivity contribution in [1.29, 1.82) is 5.26 Å². The minimum absolute atomic E-state index is 0.117. The number of hydrogen-bond donors (Lipinski definition) is 0. The van der Waals surface area contributed by atoms with E-state index >= 15 is 0 Å². The van der Waals surface area contributed by atoms with Crippen LogP contribution in [0.3, 0.4) is 0 Å². The van der Waals surface area contributed by atoms with Crippen LogP contribution in [0.4, 0.5) is 0 Å². The Morgan fingerprint density at radius 2 is 2.09 bits per heavy atom. The first-order valence-electron chi connectivity index (χ1n) is 9.88. The van der Waals surface area contributed by atoms with Crippen LogP contribution in [0.25, 0.3) is 17.5 Å². The van der Waals surface area contributed by atoms with E-state index in [1.165, 1.54) is 6.08 Å². The molecule has 3 aromatic rings. The molecule has 0 atom stereocenters. The van der Waals surface area contributed by atoms with Crippen molar-refractivity contribution in [3.63, 3.8) is 0 Å². The van der Waals surface area contributed by atoms with Crippen LogP contribution in [0.2, 0.25) is 0 Å². The lowest BCUT2D eigenvalue weighted by atomic mass is 10.1. The number of methoxy groups -OCH3 is 2. The molecule has 0 N–H and O–H groups in total. The van der Waals surface area contributed by atoms with E-state index in [4.69, 9.17) is 18.7 Å². The Morgan fingerprint density at radius 1 is 1.28 bits per heavy atom. The molecule has 2 aromatic heterocycles. The fraction of sp³-hybridized carbons (Fsp3) is 0.304. The summed E-state index contributed by atoms with van der Waals surface area (Å²) in [6.07, 6.45) is 1.52. The van der Waals surface area contributed by atoms with E-state index in [-0.39, 0.29) is 18.1 Å². The van der Waals surface area contributed by atoms with Crippen LogP contribution in [-0.2, 0) is 27.4 Å². The lowest BCUT2D eigenvalue weighted by molar-refractivity contribution is -0.140. The van der Waals surface area contributed by atoms with Crippen LogP contribution in [0.1, 0.15) is 22.8 Å². The van der Waals surface area contributed by atoms with E-state index in [2.05, 4.69) is 14.7 Å². The minimum Gasteiger partial charge on any atom is -0.497 e. The van der Waals surface area contributed by atoms with Gasteiger partial charge in [-0.15, -0.1) is 0 Å². The van der Waals surface area contributed by atoms with Gasteiger partial charge in [-0.1, -0.05) is 17.3 Å². The Morgan fingerprint density at radius 3 is 2.81 bits per heavy atom. The second-order valence-electron chi connectivity index (χ2n) is 6.96. The summed E-state index contributed by atoms with van der Waals surface area (Å²) < 4.78 is 22.7. The maximum Gasteiger partial charge on any atom is 0.349 e. The van der Waals surface area contributed by atoms with Crippen molar-refractivity contribution >= 4 is 12.0 Å². The van der Waals surface area contributed by atoms with Crippen LogP contribution in [0, 0.1) is 25.2 Å². The summed E-state index contributed by atoms with van der Waals surface area (Å²) in [6, 6.07) is 11.0. The summed E-state index contributed by atoms with van der Waals surface area (Å²) in [6.45, 7) is 4.88. The Hall–Kier alpha value is -3.90. The highest BCUT2D eigenvalue weighted by Gasteiger charge is 2.16. The van der Waals surface area contributed by atoms with Gasteiger partial charge in [0.1, 0.15) is 17.4 Å². The molecule has 1 aromatic carbocycles. The summed E-state index contributed by atoms with van der Waals surface area (Å²) in [7, 11) is 3.21. The average molecular weight is 436 g/mol. The third-order valence-corrected chi connectivity index (χ3v) is 4.89. The summed E-state index contributed by atoms with van der Waals surface area (Å²) in [5, 5.41) is 13.4. The zero-order valence-electron chi connectivity index (χ0n) is 18.4. The van der Waals surface area contributed by atoms with Gasteiger partial charge in [-0.3, -0.25) is 0 Å². The van der Waals surface area contributed by atoms with Gasteiger partial charge in [-0.2, -0.15) is 10.2 Å². The number of nitrogens with zero attached hydrogens (tertiary/aromatic N) is 4. The van der Waals surface area contributed by atoms with Crippen molar-refractivity contribution in [1.82, 2.24) is 14.7 Å². The van der Waals surface area contributed by atoms with Gasteiger partial charge in [0.25, 0.3) is 5.89 Å². The summed E-state index contributed by atoms with van der Waals surface area (Å²) in [4.78, 5) is 16.7. The second-order valence-corrected chi connectivity index (χ2v) is 6.96. The predicted octanol–water partition coefficient (Wildman–Crippen LogP) is 3.46. The Kier molecular flexibility index (Phi) is 7.41. The minimum atomic E-state index is -0.768. The normalized spacial score (nSPS) is 11.3. The number of carbonyl (C=O) groups excluding carboxylic acids is 1. The number of rotatable bonds is 9. The molecule has 0 aliphatic heterocycles. The number of aromatic nitrogens is 3. The van der Waals surface area contributed by atoms with Crippen molar-refractivity contribution in [2.75, 3.05) is 20.8 Å². The van der Waals surface area contributed by atoms with E-state index in [1.54, 1.807) is 32.4 Å². The number of ether oxygens (including phenoxy) is 3. The van der Waals surface area contributed by atoms with Gasteiger partial charge < -0.3 is 23.3 Å². The molecule has 0 unspecified atom stereocenters. The first kappa shape index (κ1) is 22.8. The van der Waals surface area contributed by atoms with Gasteiger partial charge in [-0.25, -0.2) is 4.79 Å². The first-order chi connectivity index (χ1) is 15.5. The molecule has 0 saturated heterocycles. The number of nitriles is 1. The maximum atomic E-state index is 12.4. The molecule has 9 heteroatoms. The third-order valence-electron chi connectivity index (χ3n) is 4.89. The molecule has 32 heavy (non-hydrogen) atoms. The fourth-order valence-corrected chi connectivity index (χ4v) is 3.19. The van der Waals surface area contributed by atoms with Crippen molar-refractivity contribution in [2.24, 2.45) is 0 Å². The fourth-order valence-electron chi connectivity index (χ4n) is 3.19. The van der Waals surface area contributed by atoms with Crippen molar-refractivity contribution in [3.8, 4) is 23.2 Å². The molecule has 166 valence electrons. The van der Waals surface area contributed by atoms with Gasteiger partial charge in [0, 0.05) is 30.6 Å². The largest absolute Gasteiger partial charge is 0.497 e. The van der Waals surface area contributed by atoms with E-state index in [0.717, 1.165) is 17.0 Å². The van der Waals surface area contributed by atoms with Crippen molar-refractivity contribution in [2.45, 2.75) is 27.0 Å². The van der Waals surface area contributed by atoms with Crippen LogP contribution in [0.15, 0.2) is 40.4 Å². The zero-order chi connectivity index (χ0) is 23.1. The predicted molar refractivity (Wildman–Crippen MR) is 115 cm³/mol. The zero-order valence-corrected chi connectivity index (χ0v) is 18.4. The molecule has 3 rings (SSSR count). The third kappa shape index (κ3) is 5.22. The maximum absolute atomic E-state index is 12.4. The molecule has 0 spiro atoms. The van der Waals surface area contributed by atoms with Crippen LogP contribution in [0.5, 0.6) is 5.75 Å². The monoisotopic (exact) mass is 436 g/mol. The van der Waals surface area contributed by atoms with E-state index in [9.17, 15) is 10.1 Å². The topological polar surface area (TPSA) is 112 Å². The van der Waals surface area contributed by atoms with E-state index in [1.807, 2.05) is 32.0 Å². The SMILES string of the molecule is COCCn1c(C)cc(/C=C(\C#N)C(=O)OCc2nc(-c3cccc(OC)c3)no2)c1C. The molecule has 0 radical (unpaired) electrons. The molecular formula is C23H24N4O5. The van der Waals surface area contributed by atoms with Crippen molar-refractivity contribution in [3.05, 3.63) is 58.7 Å². The second kappa shape index (κ2) is 10.4. The van der Waals surface area contributed by atoms with Crippen molar-refractivity contribution < 1.29 is 23.5 Å². The van der Waals surface area contributed by atoms with Gasteiger partial charge >= 0.3 is 5.97 Å². The number of carbonyl (C=O) groups is 1. The molecule has 0 amide bonds. The van der Waals surface area contributed by atoms with E-state index < -0.39 is 5.97 Å². The molecule has 0 aliphatic rings. The average Bonchev–Trinajstić information content (AvgIpc) is 3.39. The summed E-state index contributed by atoms with van der Waals surface area (Å²) in [5.74, 6) is 0.349. The summed E-state index contributed by atoms with van der Waals surface area (Å²) in [5.41, 5.74) is 3.29. The molecule has 0 bridgehead atoms. The Labute approximate surface area is 185 Å². The molecule has 0 fully saturated rings. The molecule has 0 aliphatic carbocycles. The number of benzene rings is 1. The lowest BCUT2D eigenvalue weighted by Crippen LogP contribution is -2.08. The highest BCUT2D eigenvalue weighted by Crippen LogP contribution is 2.22. The Balaban J connectivity index is 1.69. The van der Waals surface area contributed by atoms with Gasteiger partial charge in [0.15, 0.2) is 6.61 Å². The first-order valence-corrected chi connectivity index (χ1v) is 9.88. The number of esters is 1. The van der Waals surface area contributed by atoms with Crippen LogP contribution < -0.4 is 4.74 Å². The van der Waals surface area contributed by atoms with E-state index in [0.29, 0.717) is 30.3 Å².